The molecular weight excluding hydrogens is 401 g/mol. The van der Waals surface area contributed by atoms with Crippen LogP contribution in [0.3, 0.4) is 0 Å². The minimum atomic E-state index is -1.38. The van der Waals surface area contributed by atoms with Crippen molar-refractivity contribution in [3.63, 3.8) is 0 Å². The number of rotatable bonds is 10. The van der Waals surface area contributed by atoms with Crippen LogP contribution in [0.4, 0.5) is 0 Å². The molecule has 1 aliphatic heterocycles. The number of likely N-dealkylation sites (tertiary alicyclic amines) is 1. The highest BCUT2D eigenvalue weighted by atomic mass is 31.2. The maximum absolute atomic E-state index is 13.1. The molecule has 0 aromatic rings. The number of hydrogen-bond donors (Lipinski definition) is 0. The number of amides is 2. The molecule has 1 heterocycles. The van der Waals surface area contributed by atoms with Crippen LogP contribution in [-0.4, -0.2) is 59.6 Å². The van der Waals surface area contributed by atoms with Gasteiger partial charge in [0, 0.05) is 18.6 Å². The average Bonchev–Trinajstić information content (AvgIpc) is 3.19. The Balaban J connectivity index is 1.66. The normalized spacial score (nSPS) is 33.7. The Morgan fingerprint density at radius 3 is 2.17 bits per heavy atom. The zero-order valence-electron chi connectivity index (χ0n) is 19.3. The number of allylic oxidation sites excluding steroid dienone is 2. The Bertz CT molecular complexity index is 696. The summed E-state index contributed by atoms with van der Waals surface area (Å²) in [6, 6.07) is 0.448. The largest absolute Gasteiger partial charge is 0.425 e. The maximum Gasteiger partial charge on any atom is 0.322 e. The third kappa shape index (κ3) is 3.96. The summed E-state index contributed by atoms with van der Waals surface area (Å²) in [6.45, 7) is 15.7. The quantitative estimate of drug-likeness (QED) is 0.170. The van der Waals surface area contributed by atoms with Crippen molar-refractivity contribution in [3.8, 4) is 0 Å². The lowest BCUT2D eigenvalue weighted by atomic mass is 9.73. The average molecular weight is 438 g/mol. The van der Waals surface area contributed by atoms with E-state index in [-0.39, 0.29) is 59.7 Å². The molecule has 2 bridgehead atoms. The first-order valence-electron chi connectivity index (χ1n) is 11.0. The van der Waals surface area contributed by atoms with E-state index in [1.807, 2.05) is 6.92 Å². The Morgan fingerprint density at radius 2 is 1.70 bits per heavy atom. The molecule has 0 aromatic carbocycles. The topological polar surface area (TPSA) is 71.4 Å². The van der Waals surface area contributed by atoms with E-state index in [2.05, 4.69) is 63.4 Å². The first-order valence-corrected chi connectivity index (χ1v) is 12.1. The third-order valence-corrected chi connectivity index (χ3v) is 8.56. The number of aliphatic imine (C=N–C) groups is 1. The van der Waals surface area contributed by atoms with Gasteiger partial charge in [0.25, 0.3) is 0 Å². The lowest BCUT2D eigenvalue weighted by Crippen LogP contribution is -2.38. The van der Waals surface area contributed by atoms with E-state index in [4.69, 9.17) is 9.05 Å². The molecule has 0 aromatic heterocycles. The van der Waals surface area contributed by atoms with Gasteiger partial charge in [-0.3, -0.25) is 19.5 Å². The van der Waals surface area contributed by atoms with E-state index in [1.54, 1.807) is 0 Å². The third-order valence-electron chi connectivity index (χ3n) is 6.58. The maximum atomic E-state index is 13.1. The standard InChI is InChI=1S/C22H36N3O4P/c1-8-23-14-29-30(25(15(2)3)16(4)5)28-12-11-24-19(26)17-18(20(24)27)22(7)10-9-21(17,6)13-22/h9-10,14-18H,8,11-13H2,1-7H3/b23-14+/t17-,18+,21?,22?,30?. The number of carbonyl (C=O) groups is 2. The Hall–Kier alpha value is -1.30. The fraction of sp³-hybridized carbons (Fsp3) is 0.773. The van der Waals surface area contributed by atoms with Crippen molar-refractivity contribution in [2.24, 2.45) is 27.7 Å². The molecule has 3 unspecified atom stereocenters. The summed E-state index contributed by atoms with van der Waals surface area (Å²) in [5.74, 6) is -0.576. The summed E-state index contributed by atoms with van der Waals surface area (Å²) in [6.07, 6.45) is 6.61. The minimum Gasteiger partial charge on any atom is -0.425 e. The van der Waals surface area contributed by atoms with E-state index in [1.165, 1.54) is 11.3 Å². The second-order valence-corrected chi connectivity index (χ2v) is 11.1. The molecule has 5 atom stereocenters. The Kier molecular flexibility index (Phi) is 6.76. The van der Waals surface area contributed by atoms with E-state index in [9.17, 15) is 9.59 Å². The first-order chi connectivity index (χ1) is 14.1. The van der Waals surface area contributed by atoms with Gasteiger partial charge in [-0.2, -0.15) is 0 Å². The van der Waals surface area contributed by atoms with Gasteiger partial charge in [0.15, 0.2) is 6.40 Å². The number of nitrogens with zero attached hydrogens (tertiary/aromatic N) is 3. The first kappa shape index (κ1) is 23.4. The Labute approximate surface area is 181 Å². The molecule has 7 nitrogen and oxygen atoms in total. The van der Waals surface area contributed by atoms with Crippen molar-refractivity contribution in [2.45, 2.75) is 67.0 Å². The molecular formula is C22H36N3O4P. The summed E-state index contributed by atoms with van der Waals surface area (Å²) in [5.41, 5.74) is -0.416. The second-order valence-electron chi connectivity index (χ2n) is 9.65. The molecule has 2 aliphatic carbocycles. The van der Waals surface area contributed by atoms with E-state index in [0.717, 1.165) is 6.42 Å². The van der Waals surface area contributed by atoms with Gasteiger partial charge in [-0.05, 0) is 51.9 Å². The molecule has 0 radical (unpaired) electrons. The molecule has 3 rings (SSSR count). The fourth-order valence-electron chi connectivity index (χ4n) is 5.51. The summed E-state index contributed by atoms with van der Waals surface area (Å²) in [5, 5.41) is 0. The van der Waals surface area contributed by atoms with Crippen molar-refractivity contribution < 1.29 is 18.6 Å². The zero-order chi connectivity index (χ0) is 22.3. The van der Waals surface area contributed by atoms with Gasteiger partial charge in [-0.1, -0.05) is 26.0 Å². The molecule has 8 heteroatoms. The van der Waals surface area contributed by atoms with Gasteiger partial charge in [-0.25, -0.2) is 4.67 Å². The van der Waals surface area contributed by atoms with Crippen LogP contribution in [0.1, 0.15) is 54.9 Å². The molecule has 0 N–H and O–H groups in total. The lowest BCUT2D eigenvalue weighted by Gasteiger charge is -2.34. The molecule has 30 heavy (non-hydrogen) atoms. The van der Waals surface area contributed by atoms with Crippen LogP contribution in [0.15, 0.2) is 17.1 Å². The molecule has 3 aliphatic rings. The van der Waals surface area contributed by atoms with Crippen molar-refractivity contribution in [1.82, 2.24) is 9.57 Å². The molecule has 168 valence electrons. The van der Waals surface area contributed by atoms with E-state index >= 15 is 0 Å². The minimum absolute atomic E-state index is 0.0495. The molecule has 1 saturated carbocycles. The van der Waals surface area contributed by atoms with Gasteiger partial charge >= 0.3 is 8.53 Å². The van der Waals surface area contributed by atoms with Gasteiger partial charge in [0.2, 0.25) is 11.8 Å². The highest BCUT2D eigenvalue weighted by Gasteiger charge is 2.68. The summed E-state index contributed by atoms with van der Waals surface area (Å²) < 4.78 is 14.1. The SMILES string of the molecule is CC/N=C/OP(OCCN1C(=O)[C@@H]2[C@H](C1=O)C1(C)C=CC2(C)C1)N(C(C)C)C(C)C. The molecule has 2 amide bonds. The smallest absolute Gasteiger partial charge is 0.322 e. The van der Waals surface area contributed by atoms with Gasteiger partial charge < -0.3 is 9.05 Å². The van der Waals surface area contributed by atoms with Crippen molar-refractivity contribution in [2.75, 3.05) is 19.7 Å². The van der Waals surface area contributed by atoms with Crippen LogP contribution in [0.2, 0.25) is 0 Å². The van der Waals surface area contributed by atoms with Crippen molar-refractivity contribution >= 4 is 26.7 Å². The van der Waals surface area contributed by atoms with Crippen LogP contribution in [0.5, 0.6) is 0 Å². The summed E-state index contributed by atoms with van der Waals surface area (Å²) in [7, 11) is -1.38. The van der Waals surface area contributed by atoms with Gasteiger partial charge in [-0.15, -0.1) is 0 Å². The van der Waals surface area contributed by atoms with Crippen LogP contribution < -0.4 is 0 Å². The lowest BCUT2D eigenvalue weighted by molar-refractivity contribution is -0.142. The van der Waals surface area contributed by atoms with Crippen molar-refractivity contribution in [3.05, 3.63) is 12.2 Å². The van der Waals surface area contributed by atoms with Crippen molar-refractivity contribution in [1.29, 1.82) is 0 Å². The monoisotopic (exact) mass is 437 g/mol. The molecule has 1 saturated heterocycles. The number of imide groups is 1. The Morgan fingerprint density at radius 1 is 1.17 bits per heavy atom. The van der Waals surface area contributed by atoms with Gasteiger partial charge in [0.05, 0.1) is 25.0 Å². The predicted molar refractivity (Wildman–Crippen MR) is 119 cm³/mol. The van der Waals surface area contributed by atoms with Crippen LogP contribution in [0.25, 0.3) is 0 Å². The summed E-state index contributed by atoms with van der Waals surface area (Å²) >= 11 is 0. The van der Waals surface area contributed by atoms with E-state index < -0.39 is 8.53 Å². The zero-order valence-corrected chi connectivity index (χ0v) is 20.2. The number of hydrogen-bond acceptors (Lipinski definition) is 6. The summed E-state index contributed by atoms with van der Waals surface area (Å²) in [4.78, 5) is 31.8. The highest BCUT2D eigenvalue weighted by molar-refractivity contribution is 7.45. The fourth-order valence-corrected chi connectivity index (χ4v) is 6.95. The van der Waals surface area contributed by atoms with E-state index in [0.29, 0.717) is 6.54 Å². The molecule has 0 spiro atoms. The van der Waals surface area contributed by atoms with Crippen LogP contribution in [-0.2, 0) is 18.6 Å². The number of fused-ring (bicyclic) bond motifs is 5. The van der Waals surface area contributed by atoms with Gasteiger partial charge in [0.1, 0.15) is 0 Å². The second kappa shape index (κ2) is 8.68. The molecule has 2 fully saturated rings. The predicted octanol–water partition coefficient (Wildman–Crippen LogP) is 4.00. The highest BCUT2D eigenvalue weighted by Crippen LogP contribution is 2.65. The van der Waals surface area contributed by atoms with Crippen LogP contribution >= 0.6 is 8.53 Å². The van der Waals surface area contributed by atoms with Crippen LogP contribution in [0, 0.1) is 22.7 Å². The number of carbonyl (C=O) groups excluding carboxylic acids is 2.